The highest BCUT2D eigenvalue weighted by Gasteiger charge is 2.15. The summed E-state index contributed by atoms with van der Waals surface area (Å²) in [7, 11) is 0. The van der Waals surface area contributed by atoms with Gasteiger partial charge in [0.1, 0.15) is 0 Å². The highest BCUT2D eigenvalue weighted by Crippen LogP contribution is 2.17. The van der Waals surface area contributed by atoms with Crippen LogP contribution in [0.1, 0.15) is 25.3 Å². The molecule has 1 fully saturated rings. The molecule has 1 saturated heterocycles. The summed E-state index contributed by atoms with van der Waals surface area (Å²) in [6.45, 7) is 5.31. The zero-order valence-electron chi connectivity index (χ0n) is 11.6. The van der Waals surface area contributed by atoms with Gasteiger partial charge in [0.25, 0.3) is 0 Å². The third-order valence-electron chi connectivity index (χ3n) is 3.16. The standard InChI is InChI=1S/C14H20FN3O.HI/c1-2-16-14(18-7-3-4-8-18)17-10-11-5-6-13(19)12(15)9-11;/h5-6,9,19H,2-4,7-8,10H2,1H3,(H,16,17);1H. The molecular formula is C14H21FIN3O. The number of guanidine groups is 1. The molecule has 1 aliphatic rings. The van der Waals surface area contributed by atoms with E-state index < -0.39 is 5.82 Å². The largest absolute Gasteiger partial charge is 0.505 e. The van der Waals surface area contributed by atoms with Gasteiger partial charge < -0.3 is 15.3 Å². The first-order chi connectivity index (χ1) is 9.20. The van der Waals surface area contributed by atoms with Crippen LogP contribution in [0.2, 0.25) is 0 Å². The van der Waals surface area contributed by atoms with E-state index in [1.54, 1.807) is 6.07 Å². The van der Waals surface area contributed by atoms with Crippen molar-refractivity contribution >= 4 is 29.9 Å². The molecule has 2 N–H and O–H groups in total. The summed E-state index contributed by atoms with van der Waals surface area (Å²) in [6.07, 6.45) is 2.39. The topological polar surface area (TPSA) is 47.9 Å². The number of phenols is 1. The number of rotatable bonds is 3. The maximum absolute atomic E-state index is 13.2. The number of halogens is 2. The van der Waals surface area contributed by atoms with Crippen LogP contribution >= 0.6 is 24.0 Å². The van der Waals surface area contributed by atoms with Gasteiger partial charge in [-0.1, -0.05) is 6.07 Å². The highest BCUT2D eigenvalue weighted by molar-refractivity contribution is 14.0. The Morgan fingerprint density at radius 3 is 2.70 bits per heavy atom. The van der Waals surface area contributed by atoms with Crippen molar-refractivity contribution in [2.24, 2.45) is 4.99 Å². The second kappa shape index (κ2) is 8.28. The molecule has 1 heterocycles. The minimum atomic E-state index is -0.598. The van der Waals surface area contributed by atoms with E-state index >= 15 is 0 Å². The fourth-order valence-electron chi connectivity index (χ4n) is 2.17. The zero-order valence-corrected chi connectivity index (χ0v) is 13.9. The van der Waals surface area contributed by atoms with Crippen LogP contribution in [0, 0.1) is 5.82 Å². The van der Waals surface area contributed by atoms with Crippen LogP contribution < -0.4 is 5.32 Å². The summed E-state index contributed by atoms with van der Waals surface area (Å²) in [5.41, 5.74) is 0.755. The number of phenolic OH excluding ortho intramolecular Hbond substituents is 1. The lowest BCUT2D eigenvalue weighted by Gasteiger charge is -2.20. The van der Waals surface area contributed by atoms with Crippen LogP contribution in [0.15, 0.2) is 23.2 Å². The Hall–Kier alpha value is -1.05. The second-order valence-corrected chi connectivity index (χ2v) is 4.65. The van der Waals surface area contributed by atoms with Gasteiger partial charge in [-0.3, -0.25) is 0 Å². The van der Waals surface area contributed by atoms with E-state index in [9.17, 15) is 4.39 Å². The normalized spacial score (nSPS) is 15.1. The molecule has 0 saturated carbocycles. The molecule has 0 aromatic heterocycles. The summed E-state index contributed by atoms with van der Waals surface area (Å²) in [4.78, 5) is 6.74. The Morgan fingerprint density at radius 2 is 2.10 bits per heavy atom. The molecule has 1 aliphatic heterocycles. The number of hydrogen-bond acceptors (Lipinski definition) is 2. The molecule has 1 aromatic rings. The van der Waals surface area contributed by atoms with Gasteiger partial charge in [0.15, 0.2) is 17.5 Å². The average molecular weight is 393 g/mol. The predicted molar refractivity (Wildman–Crippen MR) is 89.1 cm³/mol. The number of benzene rings is 1. The summed E-state index contributed by atoms with van der Waals surface area (Å²) in [6, 6.07) is 4.38. The predicted octanol–water partition coefficient (Wildman–Crippen LogP) is 2.71. The number of aromatic hydroxyl groups is 1. The van der Waals surface area contributed by atoms with Gasteiger partial charge in [0, 0.05) is 19.6 Å². The Bertz CT molecular complexity index is 462. The summed E-state index contributed by atoms with van der Waals surface area (Å²) < 4.78 is 13.2. The van der Waals surface area contributed by atoms with Gasteiger partial charge in [-0.05, 0) is 37.5 Å². The van der Waals surface area contributed by atoms with E-state index in [4.69, 9.17) is 5.11 Å². The van der Waals surface area contributed by atoms with Crippen molar-refractivity contribution in [3.63, 3.8) is 0 Å². The van der Waals surface area contributed by atoms with Crippen molar-refractivity contribution in [2.45, 2.75) is 26.3 Å². The van der Waals surface area contributed by atoms with Gasteiger partial charge >= 0.3 is 0 Å². The minimum absolute atomic E-state index is 0. The van der Waals surface area contributed by atoms with Crippen molar-refractivity contribution in [3.05, 3.63) is 29.6 Å². The maximum Gasteiger partial charge on any atom is 0.194 e. The summed E-state index contributed by atoms with van der Waals surface area (Å²) >= 11 is 0. The van der Waals surface area contributed by atoms with E-state index in [1.165, 1.54) is 25.0 Å². The van der Waals surface area contributed by atoms with Gasteiger partial charge in [0.05, 0.1) is 6.54 Å². The van der Waals surface area contributed by atoms with E-state index in [2.05, 4.69) is 15.2 Å². The molecule has 0 amide bonds. The van der Waals surface area contributed by atoms with Crippen LogP contribution in [0.25, 0.3) is 0 Å². The molecule has 0 spiro atoms. The van der Waals surface area contributed by atoms with Gasteiger partial charge in [0.2, 0.25) is 0 Å². The Kier molecular flexibility index (Phi) is 7.04. The Balaban J connectivity index is 0.00000200. The molecule has 0 unspecified atom stereocenters. The molecule has 0 bridgehead atoms. The molecular weight excluding hydrogens is 372 g/mol. The van der Waals surface area contributed by atoms with Crippen LogP contribution in [0.3, 0.4) is 0 Å². The second-order valence-electron chi connectivity index (χ2n) is 4.65. The van der Waals surface area contributed by atoms with Gasteiger partial charge in [-0.25, -0.2) is 9.38 Å². The lowest BCUT2D eigenvalue weighted by atomic mass is 10.2. The zero-order chi connectivity index (χ0) is 13.7. The molecule has 112 valence electrons. The molecule has 0 radical (unpaired) electrons. The van der Waals surface area contributed by atoms with Crippen molar-refractivity contribution in [1.82, 2.24) is 10.2 Å². The maximum atomic E-state index is 13.2. The number of likely N-dealkylation sites (tertiary alicyclic amines) is 1. The first kappa shape index (κ1) is 17.0. The minimum Gasteiger partial charge on any atom is -0.505 e. The van der Waals surface area contributed by atoms with Crippen molar-refractivity contribution in [1.29, 1.82) is 0 Å². The van der Waals surface area contributed by atoms with Gasteiger partial charge in [-0.15, -0.1) is 24.0 Å². The Morgan fingerprint density at radius 1 is 1.40 bits per heavy atom. The van der Waals surface area contributed by atoms with E-state index in [1.807, 2.05) is 6.92 Å². The Labute approximate surface area is 136 Å². The fraction of sp³-hybridized carbons (Fsp3) is 0.500. The number of nitrogens with zero attached hydrogens (tertiary/aromatic N) is 2. The molecule has 1 aromatic carbocycles. The van der Waals surface area contributed by atoms with E-state index in [0.717, 1.165) is 31.2 Å². The van der Waals surface area contributed by atoms with Crippen LogP contribution in [0.4, 0.5) is 4.39 Å². The van der Waals surface area contributed by atoms with E-state index in [-0.39, 0.29) is 29.7 Å². The lowest BCUT2D eigenvalue weighted by Crippen LogP contribution is -2.39. The number of hydrogen-bond donors (Lipinski definition) is 2. The highest BCUT2D eigenvalue weighted by atomic mass is 127. The monoisotopic (exact) mass is 393 g/mol. The smallest absolute Gasteiger partial charge is 0.194 e. The third kappa shape index (κ3) is 4.50. The molecule has 0 aliphatic carbocycles. The molecule has 4 nitrogen and oxygen atoms in total. The van der Waals surface area contributed by atoms with Crippen LogP contribution in [0.5, 0.6) is 5.75 Å². The lowest BCUT2D eigenvalue weighted by molar-refractivity contribution is 0.432. The molecule has 2 rings (SSSR count). The fourth-order valence-corrected chi connectivity index (χ4v) is 2.17. The third-order valence-corrected chi connectivity index (χ3v) is 3.16. The summed E-state index contributed by atoms with van der Waals surface area (Å²) in [5, 5.41) is 12.4. The van der Waals surface area contributed by atoms with Crippen molar-refractivity contribution < 1.29 is 9.50 Å². The molecule has 6 heteroatoms. The summed E-state index contributed by atoms with van der Waals surface area (Å²) in [5.74, 6) is -0.0356. The molecule has 20 heavy (non-hydrogen) atoms. The SMILES string of the molecule is CCNC(=NCc1ccc(O)c(F)c1)N1CCCC1.I. The number of nitrogens with one attached hydrogen (secondary N) is 1. The van der Waals surface area contributed by atoms with Crippen molar-refractivity contribution in [3.8, 4) is 5.75 Å². The van der Waals surface area contributed by atoms with Gasteiger partial charge in [-0.2, -0.15) is 0 Å². The quantitative estimate of drug-likeness (QED) is 0.472. The van der Waals surface area contributed by atoms with E-state index in [0.29, 0.717) is 6.54 Å². The van der Waals surface area contributed by atoms with Crippen molar-refractivity contribution in [2.75, 3.05) is 19.6 Å². The first-order valence-corrected chi connectivity index (χ1v) is 6.71. The van der Waals surface area contributed by atoms with Crippen LogP contribution in [-0.4, -0.2) is 35.6 Å². The number of aliphatic imine (C=N–C) groups is 1. The first-order valence-electron chi connectivity index (χ1n) is 6.71. The molecule has 0 atom stereocenters. The van der Waals surface area contributed by atoms with Crippen LogP contribution in [-0.2, 0) is 6.54 Å². The average Bonchev–Trinajstić information content (AvgIpc) is 2.92.